The minimum Gasteiger partial charge on any atom is -0.386 e. The van der Waals surface area contributed by atoms with Crippen molar-refractivity contribution in [1.29, 1.82) is 0 Å². The van der Waals surface area contributed by atoms with Crippen LogP contribution in [0.3, 0.4) is 0 Å². The van der Waals surface area contributed by atoms with Gasteiger partial charge in [0.1, 0.15) is 0 Å². The van der Waals surface area contributed by atoms with Gasteiger partial charge in [-0.1, -0.05) is 13.3 Å². The topological polar surface area (TPSA) is 45.2 Å². The van der Waals surface area contributed by atoms with Crippen molar-refractivity contribution in [3.05, 3.63) is 24.0 Å². The van der Waals surface area contributed by atoms with Crippen molar-refractivity contribution in [1.82, 2.24) is 9.88 Å². The zero-order chi connectivity index (χ0) is 12.3. The Labute approximate surface area is 102 Å². The third-order valence-electron chi connectivity index (χ3n) is 3.47. The van der Waals surface area contributed by atoms with Crippen LogP contribution in [0, 0.1) is 5.92 Å². The lowest BCUT2D eigenvalue weighted by atomic mass is 10.1. The number of anilines is 1. The monoisotopic (exact) mass is 233 g/mol. The minimum absolute atomic E-state index is 0.118. The molecule has 1 N–H and O–H groups in total. The van der Waals surface area contributed by atoms with Crippen LogP contribution in [0.1, 0.15) is 30.1 Å². The van der Waals surface area contributed by atoms with Gasteiger partial charge in [-0.25, -0.2) is 0 Å². The van der Waals surface area contributed by atoms with E-state index < -0.39 is 0 Å². The van der Waals surface area contributed by atoms with E-state index in [4.69, 9.17) is 0 Å². The Bertz CT molecular complexity index is 405. The van der Waals surface area contributed by atoms with Crippen molar-refractivity contribution >= 4 is 11.6 Å². The number of hydrogen-bond donors (Lipinski definition) is 1. The van der Waals surface area contributed by atoms with E-state index in [1.165, 1.54) is 0 Å². The van der Waals surface area contributed by atoms with Crippen molar-refractivity contribution in [2.45, 2.75) is 19.8 Å². The van der Waals surface area contributed by atoms with Gasteiger partial charge in [0, 0.05) is 26.3 Å². The molecule has 1 aliphatic rings. The first kappa shape index (κ1) is 11.9. The molecular formula is C13H19N3O. The van der Waals surface area contributed by atoms with Gasteiger partial charge in [0.15, 0.2) is 0 Å². The first-order chi connectivity index (χ1) is 8.26. The smallest absolute Gasteiger partial charge is 0.256 e. The number of hydrogen-bond acceptors (Lipinski definition) is 3. The highest BCUT2D eigenvalue weighted by Gasteiger charge is 2.26. The molecule has 0 aliphatic carbocycles. The first-order valence-corrected chi connectivity index (χ1v) is 6.17. The van der Waals surface area contributed by atoms with Gasteiger partial charge in [-0.05, 0) is 18.4 Å². The van der Waals surface area contributed by atoms with E-state index in [0.717, 1.165) is 37.2 Å². The lowest BCUT2D eigenvalue weighted by Crippen LogP contribution is -2.29. The largest absolute Gasteiger partial charge is 0.386 e. The van der Waals surface area contributed by atoms with Gasteiger partial charge in [0.05, 0.1) is 17.4 Å². The Morgan fingerprint density at radius 2 is 2.47 bits per heavy atom. The maximum absolute atomic E-state index is 12.3. The highest BCUT2D eigenvalue weighted by Crippen LogP contribution is 2.23. The second-order valence-electron chi connectivity index (χ2n) is 4.49. The van der Waals surface area contributed by atoms with Crippen LogP contribution in [0.5, 0.6) is 0 Å². The van der Waals surface area contributed by atoms with Crippen molar-refractivity contribution in [3.8, 4) is 0 Å². The molecule has 1 amide bonds. The van der Waals surface area contributed by atoms with Crippen molar-refractivity contribution in [2.24, 2.45) is 5.92 Å². The summed E-state index contributed by atoms with van der Waals surface area (Å²) in [7, 11) is 1.81. The normalized spacial score (nSPS) is 19.4. The number of carbonyl (C=O) groups is 1. The molecule has 0 spiro atoms. The number of amides is 1. The summed E-state index contributed by atoms with van der Waals surface area (Å²) in [5, 5.41) is 3.02. The fourth-order valence-electron chi connectivity index (χ4n) is 2.30. The Morgan fingerprint density at radius 1 is 1.65 bits per heavy atom. The summed E-state index contributed by atoms with van der Waals surface area (Å²) >= 11 is 0. The quantitative estimate of drug-likeness (QED) is 0.868. The highest BCUT2D eigenvalue weighted by molar-refractivity contribution is 5.99. The van der Waals surface area contributed by atoms with E-state index in [-0.39, 0.29) is 5.91 Å². The Morgan fingerprint density at radius 3 is 3.12 bits per heavy atom. The van der Waals surface area contributed by atoms with Gasteiger partial charge >= 0.3 is 0 Å². The van der Waals surface area contributed by atoms with Crippen LogP contribution in [0.15, 0.2) is 18.5 Å². The standard InChI is InChI=1S/C13H19N3O/c1-3-10-5-7-16(9-10)13(17)11-4-6-15-8-12(11)14-2/h4,6,8,10,14H,3,5,7,9H2,1-2H3. The van der Waals surface area contributed by atoms with E-state index in [1.807, 2.05) is 11.9 Å². The molecular weight excluding hydrogens is 214 g/mol. The number of pyridine rings is 1. The lowest BCUT2D eigenvalue weighted by Gasteiger charge is -2.18. The van der Waals surface area contributed by atoms with Gasteiger partial charge in [0.25, 0.3) is 5.91 Å². The predicted molar refractivity (Wildman–Crippen MR) is 68.1 cm³/mol. The number of aromatic nitrogens is 1. The molecule has 1 aromatic rings. The van der Waals surface area contributed by atoms with E-state index in [2.05, 4.69) is 17.2 Å². The number of likely N-dealkylation sites (tertiary alicyclic amines) is 1. The zero-order valence-electron chi connectivity index (χ0n) is 10.4. The molecule has 4 heteroatoms. The van der Waals surface area contributed by atoms with Crippen LogP contribution >= 0.6 is 0 Å². The molecule has 2 rings (SSSR count). The maximum Gasteiger partial charge on any atom is 0.256 e. The average Bonchev–Trinajstić information content (AvgIpc) is 2.86. The molecule has 2 heterocycles. The van der Waals surface area contributed by atoms with Gasteiger partial charge in [-0.15, -0.1) is 0 Å². The summed E-state index contributed by atoms with van der Waals surface area (Å²) in [4.78, 5) is 18.3. The molecule has 0 saturated carbocycles. The second kappa shape index (κ2) is 5.17. The summed E-state index contributed by atoms with van der Waals surface area (Å²) in [6.07, 6.45) is 5.64. The molecule has 1 unspecified atom stereocenters. The molecule has 1 aliphatic heterocycles. The van der Waals surface area contributed by atoms with Crippen molar-refractivity contribution < 1.29 is 4.79 Å². The van der Waals surface area contributed by atoms with E-state index in [9.17, 15) is 4.79 Å². The van der Waals surface area contributed by atoms with Crippen LogP contribution in [0.2, 0.25) is 0 Å². The van der Waals surface area contributed by atoms with Gasteiger partial charge in [-0.3, -0.25) is 9.78 Å². The third-order valence-corrected chi connectivity index (χ3v) is 3.47. The van der Waals surface area contributed by atoms with Crippen LogP contribution in [-0.2, 0) is 0 Å². The van der Waals surface area contributed by atoms with E-state index in [0.29, 0.717) is 5.92 Å². The third kappa shape index (κ3) is 2.40. The summed E-state index contributed by atoms with van der Waals surface area (Å²) in [5.74, 6) is 0.784. The number of nitrogens with one attached hydrogen (secondary N) is 1. The maximum atomic E-state index is 12.3. The van der Waals surface area contributed by atoms with Gasteiger partial charge in [-0.2, -0.15) is 0 Å². The molecule has 1 atom stereocenters. The van der Waals surface area contributed by atoms with Crippen LogP contribution in [0.25, 0.3) is 0 Å². The predicted octanol–water partition coefficient (Wildman–Crippen LogP) is 2.00. The Kier molecular flexibility index (Phi) is 3.61. The zero-order valence-corrected chi connectivity index (χ0v) is 10.4. The second-order valence-corrected chi connectivity index (χ2v) is 4.49. The Balaban J connectivity index is 2.15. The molecule has 1 fully saturated rings. The summed E-state index contributed by atoms with van der Waals surface area (Å²) in [6.45, 7) is 3.95. The average molecular weight is 233 g/mol. The first-order valence-electron chi connectivity index (χ1n) is 6.17. The summed E-state index contributed by atoms with van der Waals surface area (Å²) < 4.78 is 0. The van der Waals surface area contributed by atoms with Crippen LogP contribution in [-0.4, -0.2) is 35.9 Å². The van der Waals surface area contributed by atoms with Crippen molar-refractivity contribution in [2.75, 3.05) is 25.5 Å². The van der Waals surface area contributed by atoms with Crippen LogP contribution < -0.4 is 5.32 Å². The van der Waals surface area contributed by atoms with E-state index in [1.54, 1.807) is 18.5 Å². The molecule has 17 heavy (non-hydrogen) atoms. The number of rotatable bonds is 3. The molecule has 0 aromatic carbocycles. The molecule has 92 valence electrons. The molecule has 1 saturated heterocycles. The summed E-state index contributed by atoms with van der Waals surface area (Å²) in [6, 6.07) is 1.79. The van der Waals surface area contributed by atoms with Crippen LogP contribution in [0.4, 0.5) is 5.69 Å². The SMILES string of the molecule is CCC1CCN(C(=O)c2ccncc2NC)C1. The van der Waals surface area contributed by atoms with Gasteiger partial charge < -0.3 is 10.2 Å². The Hall–Kier alpha value is -1.58. The minimum atomic E-state index is 0.118. The number of carbonyl (C=O) groups excluding carboxylic acids is 1. The molecule has 0 radical (unpaired) electrons. The fraction of sp³-hybridized carbons (Fsp3) is 0.538. The number of nitrogens with zero attached hydrogens (tertiary/aromatic N) is 2. The van der Waals surface area contributed by atoms with E-state index >= 15 is 0 Å². The molecule has 4 nitrogen and oxygen atoms in total. The lowest BCUT2D eigenvalue weighted by molar-refractivity contribution is 0.0788. The highest BCUT2D eigenvalue weighted by atomic mass is 16.2. The summed E-state index contributed by atoms with van der Waals surface area (Å²) in [5.41, 5.74) is 1.52. The molecule has 0 bridgehead atoms. The van der Waals surface area contributed by atoms with Crippen molar-refractivity contribution in [3.63, 3.8) is 0 Å². The fourth-order valence-corrected chi connectivity index (χ4v) is 2.30. The van der Waals surface area contributed by atoms with Gasteiger partial charge in [0.2, 0.25) is 0 Å². The molecule has 1 aromatic heterocycles.